The van der Waals surface area contributed by atoms with Crippen LogP contribution in [0, 0.1) is 22.6 Å². The molecule has 1 fully saturated rings. The Labute approximate surface area is 96.1 Å². The monoisotopic (exact) mass is 222 g/mol. The van der Waals surface area contributed by atoms with Gasteiger partial charge in [-0.1, -0.05) is 27.7 Å². The smallest absolute Gasteiger partial charge is 0.141 e. The Morgan fingerprint density at radius 2 is 1.81 bits per heavy atom. The Morgan fingerprint density at radius 3 is 2.25 bits per heavy atom. The van der Waals surface area contributed by atoms with Crippen LogP contribution in [0.15, 0.2) is 18.5 Å². The molecule has 1 aromatic rings. The topological polar surface area (TPSA) is 38.9 Å². The summed E-state index contributed by atoms with van der Waals surface area (Å²) in [5.41, 5.74) is 7.42. The van der Waals surface area contributed by atoms with Crippen LogP contribution in [0.3, 0.4) is 0 Å². The van der Waals surface area contributed by atoms with E-state index in [1.165, 1.54) is 12.3 Å². The van der Waals surface area contributed by atoms with Crippen molar-refractivity contribution >= 4 is 0 Å². The van der Waals surface area contributed by atoms with Crippen molar-refractivity contribution in [2.45, 2.75) is 33.7 Å². The van der Waals surface area contributed by atoms with Crippen LogP contribution >= 0.6 is 0 Å². The van der Waals surface area contributed by atoms with Gasteiger partial charge in [-0.15, -0.1) is 0 Å². The van der Waals surface area contributed by atoms with Crippen molar-refractivity contribution in [2.24, 2.45) is 22.5 Å². The van der Waals surface area contributed by atoms with Crippen molar-refractivity contribution in [1.82, 2.24) is 4.98 Å². The van der Waals surface area contributed by atoms with Gasteiger partial charge in [0, 0.05) is 12.2 Å². The van der Waals surface area contributed by atoms with E-state index in [9.17, 15) is 4.39 Å². The van der Waals surface area contributed by atoms with Crippen LogP contribution in [0.1, 0.15) is 39.3 Å². The maximum Gasteiger partial charge on any atom is 0.141 e. The van der Waals surface area contributed by atoms with Crippen LogP contribution in [0.2, 0.25) is 0 Å². The van der Waals surface area contributed by atoms with Gasteiger partial charge in [-0.05, 0) is 28.4 Å². The third-order valence-corrected chi connectivity index (χ3v) is 4.60. The fraction of sp³-hybridized carbons (Fsp3) is 0.615. The molecule has 1 unspecified atom stereocenters. The standard InChI is InChI=1S/C13H19FN2/c1-12(2)11(13(12,3)4)10(15)8-5-9(14)7-16-6-8/h5-7,10-11H,15H2,1-4H3. The highest BCUT2D eigenvalue weighted by Crippen LogP contribution is 2.71. The number of nitrogens with zero attached hydrogens (tertiary/aromatic N) is 1. The van der Waals surface area contributed by atoms with Crippen LogP contribution in [0.5, 0.6) is 0 Å². The highest BCUT2D eigenvalue weighted by molar-refractivity contribution is 5.25. The van der Waals surface area contributed by atoms with Crippen LogP contribution in [0.4, 0.5) is 4.39 Å². The average Bonchev–Trinajstić information content (AvgIpc) is 2.56. The van der Waals surface area contributed by atoms with Crippen molar-refractivity contribution in [3.8, 4) is 0 Å². The van der Waals surface area contributed by atoms with Crippen molar-refractivity contribution < 1.29 is 4.39 Å². The molecule has 0 aromatic carbocycles. The lowest BCUT2D eigenvalue weighted by atomic mass is 9.99. The summed E-state index contributed by atoms with van der Waals surface area (Å²) >= 11 is 0. The van der Waals surface area contributed by atoms with Crippen LogP contribution < -0.4 is 5.73 Å². The van der Waals surface area contributed by atoms with Gasteiger partial charge in [0.15, 0.2) is 0 Å². The maximum absolute atomic E-state index is 13.1. The normalized spacial score (nSPS) is 24.1. The molecule has 3 heteroatoms. The predicted molar refractivity (Wildman–Crippen MR) is 62.2 cm³/mol. The second-order valence-corrected chi connectivity index (χ2v) is 5.88. The van der Waals surface area contributed by atoms with Crippen LogP contribution in [0.25, 0.3) is 0 Å². The molecule has 0 bridgehead atoms. The SMILES string of the molecule is CC1(C)C(C(N)c2cncc(F)c2)C1(C)C. The molecular weight excluding hydrogens is 203 g/mol. The Morgan fingerprint density at radius 1 is 1.25 bits per heavy atom. The fourth-order valence-corrected chi connectivity index (χ4v) is 2.95. The molecule has 1 aliphatic rings. The highest BCUT2D eigenvalue weighted by Gasteiger charge is 2.66. The summed E-state index contributed by atoms with van der Waals surface area (Å²) in [5.74, 6) is 0.0628. The zero-order chi connectivity index (χ0) is 12.1. The van der Waals surface area contributed by atoms with Gasteiger partial charge >= 0.3 is 0 Å². The second kappa shape index (κ2) is 3.27. The zero-order valence-corrected chi connectivity index (χ0v) is 10.3. The van der Waals surface area contributed by atoms with Gasteiger partial charge in [0.05, 0.1) is 6.20 Å². The zero-order valence-electron chi connectivity index (χ0n) is 10.3. The number of pyridine rings is 1. The molecule has 0 aliphatic heterocycles. The molecule has 1 aliphatic carbocycles. The Hall–Kier alpha value is -0.960. The molecule has 1 atom stereocenters. The number of hydrogen-bond acceptors (Lipinski definition) is 2. The lowest BCUT2D eigenvalue weighted by molar-refractivity contribution is 0.457. The molecule has 16 heavy (non-hydrogen) atoms. The molecule has 2 nitrogen and oxygen atoms in total. The minimum atomic E-state index is -0.316. The molecule has 1 aromatic heterocycles. The molecule has 2 rings (SSSR count). The first kappa shape index (κ1) is 11.5. The Balaban J connectivity index is 2.26. The number of nitrogens with two attached hydrogens (primary N) is 1. The summed E-state index contributed by atoms with van der Waals surface area (Å²) in [6.45, 7) is 8.85. The van der Waals surface area contributed by atoms with Gasteiger partial charge < -0.3 is 5.73 Å². The summed E-state index contributed by atoms with van der Waals surface area (Å²) in [6, 6.07) is 1.36. The molecule has 88 valence electrons. The first-order chi connectivity index (χ1) is 7.28. The van der Waals surface area contributed by atoms with Crippen LogP contribution in [-0.4, -0.2) is 4.98 Å². The number of aromatic nitrogens is 1. The molecule has 0 amide bonds. The first-order valence-corrected chi connectivity index (χ1v) is 5.64. The molecular formula is C13H19FN2. The molecule has 2 N–H and O–H groups in total. The summed E-state index contributed by atoms with van der Waals surface area (Å²) in [4.78, 5) is 3.86. The van der Waals surface area contributed by atoms with E-state index in [0.717, 1.165) is 5.56 Å². The summed E-state index contributed by atoms with van der Waals surface area (Å²) in [6.07, 6.45) is 2.87. The number of halogens is 1. The Bertz CT molecular complexity index is 398. The average molecular weight is 222 g/mol. The van der Waals surface area contributed by atoms with E-state index in [4.69, 9.17) is 5.73 Å². The Kier molecular flexibility index (Phi) is 2.35. The van der Waals surface area contributed by atoms with E-state index < -0.39 is 0 Å². The number of hydrogen-bond donors (Lipinski definition) is 1. The lowest BCUT2D eigenvalue weighted by Gasteiger charge is -2.13. The first-order valence-electron chi connectivity index (χ1n) is 5.64. The summed E-state index contributed by atoms with van der Waals surface area (Å²) in [7, 11) is 0. The fourth-order valence-electron chi connectivity index (χ4n) is 2.95. The summed E-state index contributed by atoms with van der Waals surface area (Å²) < 4.78 is 13.1. The van der Waals surface area contributed by atoms with E-state index >= 15 is 0 Å². The van der Waals surface area contributed by atoms with E-state index in [1.807, 2.05) is 0 Å². The predicted octanol–water partition coefficient (Wildman–Crippen LogP) is 2.90. The van der Waals surface area contributed by atoms with E-state index in [-0.39, 0.29) is 22.7 Å². The minimum absolute atomic E-state index is 0.131. The van der Waals surface area contributed by atoms with Crippen molar-refractivity contribution in [3.63, 3.8) is 0 Å². The molecule has 0 spiro atoms. The van der Waals surface area contributed by atoms with Gasteiger partial charge in [0.2, 0.25) is 0 Å². The second-order valence-electron chi connectivity index (χ2n) is 5.88. The van der Waals surface area contributed by atoms with Crippen molar-refractivity contribution in [2.75, 3.05) is 0 Å². The van der Waals surface area contributed by atoms with Gasteiger partial charge in [0.25, 0.3) is 0 Å². The number of rotatable bonds is 2. The van der Waals surface area contributed by atoms with Gasteiger partial charge in [0.1, 0.15) is 5.82 Å². The van der Waals surface area contributed by atoms with Crippen LogP contribution in [-0.2, 0) is 0 Å². The third kappa shape index (κ3) is 1.46. The van der Waals surface area contributed by atoms with Crippen molar-refractivity contribution in [1.29, 1.82) is 0 Å². The quantitative estimate of drug-likeness (QED) is 0.835. The minimum Gasteiger partial charge on any atom is -0.324 e. The molecule has 0 saturated heterocycles. The molecule has 1 heterocycles. The van der Waals surface area contributed by atoms with Gasteiger partial charge in [-0.3, -0.25) is 4.98 Å². The third-order valence-electron chi connectivity index (χ3n) is 4.60. The lowest BCUT2D eigenvalue weighted by Crippen LogP contribution is -2.17. The van der Waals surface area contributed by atoms with E-state index in [0.29, 0.717) is 5.92 Å². The van der Waals surface area contributed by atoms with E-state index in [1.54, 1.807) is 6.20 Å². The van der Waals surface area contributed by atoms with Gasteiger partial charge in [-0.25, -0.2) is 4.39 Å². The highest BCUT2D eigenvalue weighted by atomic mass is 19.1. The van der Waals surface area contributed by atoms with Gasteiger partial charge in [-0.2, -0.15) is 0 Å². The van der Waals surface area contributed by atoms with Crippen molar-refractivity contribution in [3.05, 3.63) is 29.8 Å². The maximum atomic E-state index is 13.1. The molecule has 1 saturated carbocycles. The summed E-state index contributed by atoms with van der Waals surface area (Å²) in [5, 5.41) is 0. The largest absolute Gasteiger partial charge is 0.324 e. The molecule has 0 radical (unpaired) electrons. The van der Waals surface area contributed by atoms with E-state index in [2.05, 4.69) is 32.7 Å².